The first-order chi connectivity index (χ1) is 13.5. The summed E-state index contributed by atoms with van der Waals surface area (Å²) >= 11 is 0. The zero-order valence-electron chi connectivity index (χ0n) is 16.0. The SMILES string of the molecule is C=C(C)C(=O)Oc1ccc(-c2cc3ccc(CCCOC)cc3oc2=O)cc1. The van der Waals surface area contributed by atoms with Gasteiger partial charge in [0.1, 0.15) is 11.3 Å². The second-order valence-corrected chi connectivity index (χ2v) is 6.61. The molecule has 2 aromatic carbocycles. The van der Waals surface area contributed by atoms with Crippen molar-refractivity contribution < 1.29 is 18.7 Å². The van der Waals surface area contributed by atoms with Gasteiger partial charge in [-0.1, -0.05) is 30.8 Å². The van der Waals surface area contributed by atoms with Gasteiger partial charge in [-0.3, -0.25) is 0 Å². The topological polar surface area (TPSA) is 65.7 Å². The number of rotatable bonds is 7. The molecule has 0 saturated carbocycles. The van der Waals surface area contributed by atoms with Crippen molar-refractivity contribution in [2.75, 3.05) is 13.7 Å². The molecule has 0 aliphatic rings. The lowest BCUT2D eigenvalue weighted by Crippen LogP contribution is -2.08. The third-order valence-electron chi connectivity index (χ3n) is 4.34. The molecule has 28 heavy (non-hydrogen) atoms. The molecule has 144 valence electrons. The van der Waals surface area contributed by atoms with E-state index < -0.39 is 11.6 Å². The van der Waals surface area contributed by atoms with Gasteiger partial charge < -0.3 is 13.9 Å². The number of carbonyl (C=O) groups is 1. The average Bonchev–Trinajstić information content (AvgIpc) is 2.68. The number of methoxy groups -OCH3 is 1. The predicted molar refractivity (Wildman–Crippen MR) is 109 cm³/mol. The van der Waals surface area contributed by atoms with E-state index in [1.54, 1.807) is 38.3 Å². The van der Waals surface area contributed by atoms with E-state index in [9.17, 15) is 9.59 Å². The molecule has 0 radical (unpaired) electrons. The highest BCUT2D eigenvalue weighted by molar-refractivity contribution is 5.89. The molecule has 1 heterocycles. The predicted octanol–water partition coefficient (Wildman–Crippen LogP) is 4.52. The van der Waals surface area contributed by atoms with Gasteiger partial charge in [-0.05, 0) is 55.2 Å². The summed E-state index contributed by atoms with van der Waals surface area (Å²) in [6.45, 7) is 5.83. The highest BCUT2D eigenvalue weighted by Crippen LogP contribution is 2.24. The van der Waals surface area contributed by atoms with Gasteiger partial charge in [0.05, 0.1) is 5.56 Å². The molecular formula is C23H22O5. The Hall–Kier alpha value is -3.18. The fourth-order valence-corrected chi connectivity index (χ4v) is 2.83. The summed E-state index contributed by atoms with van der Waals surface area (Å²) in [6.07, 6.45) is 1.77. The van der Waals surface area contributed by atoms with E-state index >= 15 is 0 Å². The van der Waals surface area contributed by atoms with Gasteiger partial charge in [0.25, 0.3) is 0 Å². The molecule has 5 heteroatoms. The quantitative estimate of drug-likeness (QED) is 0.199. The molecule has 0 fully saturated rings. The Labute approximate surface area is 163 Å². The normalized spacial score (nSPS) is 10.8. The van der Waals surface area contributed by atoms with E-state index in [0.717, 1.165) is 23.8 Å². The molecule has 0 aliphatic heterocycles. The van der Waals surface area contributed by atoms with Crippen molar-refractivity contribution in [1.82, 2.24) is 0 Å². The molecule has 0 spiro atoms. The molecular weight excluding hydrogens is 356 g/mol. The summed E-state index contributed by atoms with van der Waals surface area (Å²) in [5, 5.41) is 0.850. The highest BCUT2D eigenvalue weighted by Gasteiger charge is 2.10. The van der Waals surface area contributed by atoms with Gasteiger partial charge in [-0.15, -0.1) is 0 Å². The number of ether oxygens (including phenoxy) is 2. The molecule has 0 saturated heterocycles. The van der Waals surface area contributed by atoms with Gasteiger partial charge in [0.15, 0.2) is 0 Å². The molecule has 3 rings (SSSR count). The molecule has 3 aromatic rings. The smallest absolute Gasteiger partial charge is 0.344 e. The van der Waals surface area contributed by atoms with Crippen LogP contribution in [0.4, 0.5) is 0 Å². The maximum atomic E-state index is 12.5. The van der Waals surface area contributed by atoms with Crippen LogP contribution in [0.3, 0.4) is 0 Å². The van der Waals surface area contributed by atoms with E-state index in [0.29, 0.717) is 34.6 Å². The second-order valence-electron chi connectivity index (χ2n) is 6.61. The summed E-state index contributed by atoms with van der Waals surface area (Å²) in [5.41, 5.74) is 2.72. The molecule has 5 nitrogen and oxygen atoms in total. The lowest BCUT2D eigenvalue weighted by Gasteiger charge is -2.07. The minimum Gasteiger partial charge on any atom is -0.423 e. The van der Waals surface area contributed by atoms with Gasteiger partial charge in [0, 0.05) is 24.7 Å². The maximum absolute atomic E-state index is 12.5. The highest BCUT2D eigenvalue weighted by atomic mass is 16.5. The number of hydrogen-bond donors (Lipinski definition) is 0. The van der Waals surface area contributed by atoms with Crippen LogP contribution in [0.2, 0.25) is 0 Å². The summed E-state index contributed by atoms with van der Waals surface area (Å²) < 4.78 is 15.8. The second kappa shape index (κ2) is 8.67. The van der Waals surface area contributed by atoms with Crippen molar-refractivity contribution in [3.63, 3.8) is 0 Å². The van der Waals surface area contributed by atoms with Crippen molar-refractivity contribution >= 4 is 16.9 Å². The Bertz CT molecular complexity index is 1060. The third-order valence-corrected chi connectivity index (χ3v) is 4.34. The number of esters is 1. The fraction of sp³-hybridized carbons (Fsp3) is 0.217. The van der Waals surface area contributed by atoms with Crippen LogP contribution in [0.15, 0.2) is 69.9 Å². The first kappa shape index (κ1) is 19.6. The van der Waals surface area contributed by atoms with Crippen LogP contribution < -0.4 is 10.4 Å². The molecule has 1 aromatic heterocycles. The molecule has 0 amide bonds. The number of hydrogen-bond acceptors (Lipinski definition) is 5. The largest absolute Gasteiger partial charge is 0.423 e. The monoisotopic (exact) mass is 378 g/mol. The molecule has 0 bridgehead atoms. The van der Waals surface area contributed by atoms with Crippen LogP contribution in [0.25, 0.3) is 22.1 Å². The van der Waals surface area contributed by atoms with Gasteiger partial charge >= 0.3 is 11.6 Å². The van der Waals surface area contributed by atoms with Crippen molar-refractivity contribution in [3.05, 3.63) is 76.7 Å². The average molecular weight is 378 g/mol. The van der Waals surface area contributed by atoms with E-state index in [1.807, 2.05) is 24.3 Å². The van der Waals surface area contributed by atoms with Gasteiger partial charge in [-0.2, -0.15) is 0 Å². The van der Waals surface area contributed by atoms with Crippen LogP contribution in [0.5, 0.6) is 5.75 Å². The van der Waals surface area contributed by atoms with Crippen molar-refractivity contribution in [3.8, 4) is 16.9 Å². The first-order valence-electron chi connectivity index (χ1n) is 9.02. The summed E-state index contributed by atoms with van der Waals surface area (Å²) in [7, 11) is 1.68. The molecule has 0 atom stereocenters. The Morgan fingerprint density at radius 1 is 1.11 bits per heavy atom. The minimum atomic E-state index is -0.487. The number of aryl methyl sites for hydroxylation is 1. The van der Waals surface area contributed by atoms with Crippen LogP contribution in [-0.4, -0.2) is 19.7 Å². The van der Waals surface area contributed by atoms with E-state index in [4.69, 9.17) is 13.9 Å². The Morgan fingerprint density at radius 2 is 1.86 bits per heavy atom. The van der Waals surface area contributed by atoms with E-state index in [1.165, 1.54) is 0 Å². The van der Waals surface area contributed by atoms with E-state index in [-0.39, 0.29) is 0 Å². The summed E-state index contributed by atoms with van der Waals surface area (Å²) in [5.74, 6) is -0.0955. The first-order valence-corrected chi connectivity index (χ1v) is 9.02. The van der Waals surface area contributed by atoms with Crippen LogP contribution >= 0.6 is 0 Å². The Morgan fingerprint density at radius 3 is 2.54 bits per heavy atom. The van der Waals surface area contributed by atoms with E-state index in [2.05, 4.69) is 6.58 Å². The minimum absolute atomic E-state index is 0.320. The molecule has 0 N–H and O–H groups in total. The number of benzene rings is 2. The summed E-state index contributed by atoms with van der Waals surface area (Å²) in [6, 6.07) is 14.4. The van der Waals surface area contributed by atoms with Gasteiger partial charge in [0.2, 0.25) is 0 Å². The summed E-state index contributed by atoms with van der Waals surface area (Å²) in [4.78, 5) is 24.1. The molecule has 0 unspecified atom stereocenters. The van der Waals surface area contributed by atoms with Crippen molar-refractivity contribution in [2.24, 2.45) is 0 Å². The zero-order chi connectivity index (χ0) is 20.1. The lowest BCUT2D eigenvalue weighted by molar-refractivity contribution is -0.130. The zero-order valence-corrected chi connectivity index (χ0v) is 16.0. The third kappa shape index (κ3) is 4.56. The van der Waals surface area contributed by atoms with Crippen molar-refractivity contribution in [1.29, 1.82) is 0 Å². The van der Waals surface area contributed by atoms with Crippen LogP contribution in [0.1, 0.15) is 18.9 Å². The van der Waals surface area contributed by atoms with Crippen LogP contribution in [-0.2, 0) is 16.0 Å². The van der Waals surface area contributed by atoms with Crippen molar-refractivity contribution in [2.45, 2.75) is 19.8 Å². The fourth-order valence-electron chi connectivity index (χ4n) is 2.83. The molecule has 0 aliphatic carbocycles. The van der Waals surface area contributed by atoms with Gasteiger partial charge in [-0.25, -0.2) is 9.59 Å². The lowest BCUT2D eigenvalue weighted by atomic mass is 10.0. The Balaban J connectivity index is 1.85. The van der Waals surface area contributed by atoms with Crippen LogP contribution in [0, 0.1) is 0 Å². The number of fused-ring (bicyclic) bond motifs is 1. The standard InChI is InChI=1S/C23H22O5/c1-15(2)22(24)27-19-10-8-17(9-11-19)20-14-18-7-6-16(5-4-12-26-3)13-21(18)28-23(20)25/h6-11,13-14H,1,4-5,12H2,2-3H3. The maximum Gasteiger partial charge on any atom is 0.344 e. The number of carbonyl (C=O) groups excluding carboxylic acids is 1. The Kier molecular flexibility index (Phi) is 6.06.